The predicted octanol–water partition coefficient (Wildman–Crippen LogP) is 2.17. The minimum Gasteiger partial charge on any atom is -0.481 e. The molecule has 2 atom stereocenters. The maximum atomic E-state index is 12.8. The second-order valence-electron chi connectivity index (χ2n) is 8.12. The fraction of sp³-hybridized carbons (Fsp3) is 0.550. The van der Waals surface area contributed by atoms with E-state index in [2.05, 4.69) is 5.32 Å². The van der Waals surface area contributed by atoms with Gasteiger partial charge in [-0.25, -0.2) is 0 Å². The number of hydrogen-bond acceptors (Lipinski definition) is 4. The second-order valence-corrected chi connectivity index (χ2v) is 8.12. The lowest BCUT2D eigenvalue weighted by molar-refractivity contribution is -0.138. The summed E-state index contributed by atoms with van der Waals surface area (Å²) in [5, 5.41) is 12.0. The van der Waals surface area contributed by atoms with Crippen molar-refractivity contribution < 1.29 is 24.2 Å². The molecule has 1 saturated heterocycles. The summed E-state index contributed by atoms with van der Waals surface area (Å²) in [6, 6.07) is 6.04. The molecular formula is C20H28N2O5. The van der Waals surface area contributed by atoms with E-state index < -0.39 is 12.0 Å². The maximum absolute atomic E-state index is 12.8. The Morgan fingerprint density at radius 1 is 1.19 bits per heavy atom. The van der Waals surface area contributed by atoms with E-state index in [0.29, 0.717) is 30.6 Å². The fourth-order valence-corrected chi connectivity index (χ4v) is 3.07. The average Bonchev–Trinajstić information content (AvgIpc) is 3.00. The quantitative estimate of drug-likeness (QED) is 0.793. The largest absolute Gasteiger partial charge is 0.481 e. The molecular weight excluding hydrogens is 348 g/mol. The van der Waals surface area contributed by atoms with Gasteiger partial charge in [-0.05, 0) is 36.1 Å². The van der Waals surface area contributed by atoms with E-state index in [1.165, 1.54) is 0 Å². The van der Waals surface area contributed by atoms with Crippen molar-refractivity contribution in [2.45, 2.75) is 45.8 Å². The molecule has 1 aliphatic rings. The normalized spacial score (nSPS) is 19.8. The number of amides is 2. The average molecular weight is 376 g/mol. The first kappa shape index (κ1) is 20.9. The highest BCUT2D eigenvalue weighted by molar-refractivity contribution is 5.98. The van der Waals surface area contributed by atoms with Gasteiger partial charge in [0.25, 0.3) is 11.8 Å². The molecule has 0 radical (unpaired) electrons. The summed E-state index contributed by atoms with van der Waals surface area (Å²) >= 11 is 0. The van der Waals surface area contributed by atoms with Gasteiger partial charge in [0.05, 0.1) is 12.5 Å². The molecule has 1 aliphatic heterocycles. The third kappa shape index (κ3) is 5.79. The highest BCUT2D eigenvalue weighted by Gasteiger charge is 2.36. The number of likely N-dealkylation sites (tertiary alicyclic amines) is 1. The summed E-state index contributed by atoms with van der Waals surface area (Å²) in [7, 11) is 1.56. The van der Waals surface area contributed by atoms with Gasteiger partial charge in [0.1, 0.15) is 0 Å². The molecule has 148 valence electrons. The molecule has 1 aromatic rings. The van der Waals surface area contributed by atoms with Crippen molar-refractivity contribution in [3.8, 4) is 0 Å². The number of carboxylic acids is 1. The SMILES string of the molecule is COC1CC(CC(=O)O)N(C(=O)c2ccc(C(=O)NCC(C)(C)C)cc2)C1. The molecule has 2 unspecified atom stereocenters. The zero-order chi connectivity index (χ0) is 20.2. The van der Waals surface area contributed by atoms with Crippen molar-refractivity contribution in [3.05, 3.63) is 35.4 Å². The maximum Gasteiger partial charge on any atom is 0.305 e. The molecule has 0 saturated carbocycles. The lowest BCUT2D eigenvalue weighted by Gasteiger charge is -2.23. The van der Waals surface area contributed by atoms with Crippen LogP contribution >= 0.6 is 0 Å². The van der Waals surface area contributed by atoms with Gasteiger partial charge in [0, 0.05) is 37.4 Å². The zero-order valence-electron chi connectivity index (χ0n) is 16.3. The minimum atomic E-state index is -0.944. The Morgan fingerprint density at radius 2 is 1.78 bits per heavy atom. The van der Waals surface area contributed by atoms with Crippen molar-refractivity contribution >= 4 is 17.8 Å². The van der Waals surface area contributed by atoms with E-state index in [4.69, 9.17) is 9.84 Å². The Hall–Kier alpha value is -2.41. The van der Waals surface area contributed by atoms with Crippen LogP contribution in [0.3, 0.4) is 0 Å². The number of benzene rings is 1. The lowest BCUT2D eigenvalue weighted by atomic mass is 9.97. The molecule has 0 aromatic heterocycles. The predicted molar refractivity (Wildman–Crippen MR) is 101 cm³/mol. The first-order chi connectivity index (χ1) is 12.6. The van der Waals surface area contributed by atoms with Gasteiger partial charge >= 0.3 is 5.97 Å². The fourth-order valence-electron chi connectivity index (χ4n) is 3.07. The van der Waals surface area contributed by atoms with Crippen LogP contribution in [-0.4, -0.2) is 60.1 Å². The summed E-state index contributed by atoms with van der Waals surface area (Å²) in [6.45, 7) is 7.01. The van der Waals surface area contributed by atoms with Crippen molar-refractivity contribution in [3.63, 3.8) is 0 Å². The standard InChI is InChI=1S/C20H28N2O5/c1-20(2,3)12-21-18(25)13-5-7-14(8-6-13)19(26)22-11-16(27-4)9-15(22)10-17(23)24/h5-8,15-16H,9-12H2,1-4H3,(H,21,25)(H,23,24). The van der Waals surface area contributed by atoms with Crippen molar-refractivity contribution in [2.24, 2.45) is 5.41 Å². The molecule has 1 heterocycles. The van der Waals surface area contributed by atoms with Crippen molar-refractivity contribution in [2.75, 3.05) is 20.2 Å². The number of ether oxygens (including phenoxy) is 1. The van der Waals surface area contributed by atoms with E-state index in [0.717, 1.165) is 0 Å². The number of rotatable bonds is 6. The Bertz CT molecular complexity index is 693. The van der Waals surface area contributed by atoms with Gasteiger partial charge in [0.2, 0.25) is 0 Å². The topological polar surface area (TPSA) is 95.9 Å². The van der Waals surface area contributed by atoms with Crippen LogP contribution in [0.25, 0.3) is 0 Å². The smallest absolute Gasteiger partial charge is 0.305 e. The summed E-state index contributed by atoms with van der Waals surface area (Å²) in [6.07, 6.45) is 0.224. The number of methoxy groups -OCH3 is 1. The number of aliphatic carboxylic acids is 1. The first-order valence-corrected chi connectivity index (χ1v) is 9.04. The van der Waals surface area contributed by atoms with Crippen LogP contribution < -0.4 is 5.32 Å². The van der Waals surface area contributed by atoms with Gasteiger partial charge in [0.15, 0.2) is 0 Å². The highest BCUT2D eigenvalue weighted by Crippen LogP contribution is 2.25. The van der Waals surface area contributed by atoms with E-state index in [-0.39, 0.29) is 29.8 Å². The molecule has 1 fully saturated rings. The summed E-state index contributed by atoms with van der Waals surface area (Å²) in [5.41, 5.74) is 0.891. The monoisotopic (exact) mass is 376 g/mol. The van der Waals surface area contributed by atoms with Crippen LogP contribution in [0.15, 0.2) is 24.3 Å². The molecule has 0 aliphatic carbocycles. The lowest BCUT2D eigenvalue weighted by Crippen LogP contribution is -2.37. The minimum absolute atomic E-state index is 0.0155. The molecule has 27 heavy (non-hydrogen) atoms. The third-order valence-electron chi connectivity index (χ3n) is 4.55. The van der Waals surface area contributed by atoms with Crippen molar-refractivity contribution in [1.29, 1.82) is 0 Å². The van der Waals surface area contributed by atoms with Gasteiger partial charge in [-0.15, -0.1) is 0 Å². The van der Waals surface area contributed by atoms with Gasteiger partial charge < -0.3 is 20.1 Å². The van der Waals surface area contributed by atoms with Crippen LogP contribution in [0.2, 0.25) is 0 Å². The Kier molecular flexibility index (Phi) is 6.59. The van der Waals surface area contributed by atoms with E-state index in [1.807, 2.05) is 20.8 Å². The number of carbonyl (C=O) groups is 3. The Labute approximate surface area is 159 Å². The van der Waals surface area contributed by atoms with Crippen molar-refractivity contribution in [1.82, 2.24) is 10.2 Å². The molecule has 0 bridgehead atoms. The number of nitrogens with one attached hydrogen (secondary N) is 1. The molecule has 7 nitrogen and oxygen atoms in total. The van der Waals surface area contributed by atoms with Crippen LogP contribution in [0.1, 0.15) is 54.3 Å². The van der Waals surface area contributed by atoms with Crippen LogP contribution in [0.5, 0.6) is 0 Å². The van der Waals surface area contributed by atoms with E-state index >= 15 is 0 Å². The van der Waals surface area contributed by atoms with Gasteiger partial charge in [-0.3, -0.25) is 14.4 Å². The molecule has 2 rings (SSSR count). The van der Waals surface area contributed by atoms with E-state index in [1.54, 1.807) is 36.3 Å². The Balaban J connectivity index is 2.07. The summed E-state index contributed by atoms with van der Waals surface area (Å²) in [5.74, 6) is -1.38. The summed E-state index contributed by atoms with van der Waals surface area (Å²) < 4.78 is 5.30. The number of hydrogen-bond donors (Lipinski definition) is 2. The first-order valence-electron chi connectivity index (χ1n) is 9.04. The Morgan fingerprint density at radius 3 is 2.30 bits per heavy atom. The number of carboxylic acid groups (broad SMARTS) is 1. The summed E-state index contributed by atoms with van der Waals surface area (Å²) in [4.78, 5) is 37.6. The van der Waals surface area contributed by atoms with Gasteiger partial charge in [-0.2, -0.15) is 0 Å². The third-order valence-corrected chi connectivity index (χ3v) is 4.55. The molecule has 1 aromatic carbocycles. The molecule has 7 heteroatoms. The van der Waals surface area contributed by atoms with E-state index in [9.17, 15) is 14.4 Å². The second kappa shape index (κ2) is 8.52. The molecule has 0 spiro atoms. The van der Waals surface area contributed by atoms with Crippen LogP contribution in [0, 0.1) is 5.41 Å². The van der Waals surface area contributed by atoms with Gasteiger partial charge in [-0.1, -0.05) is 20.8 Å². The number of nitrogens with zero attached hydrogens (tertiary/aromatic N) is 1. The van der Waals surface area contributed by atoms with Crippen LogP contribution in [-0.2, 0) is 9.53 Å². The highest BCUT2D eigenvalue weighted by atomic mass is 16.5. The number of carbonyl (C=O) groups excluding carboxylic acids is 2. The van der Waals surface area contributed by atoms with Crippen LogP contribution in [0.4, 0.5) is 0 Å². The molecule has 2 amide bonds. The molecule has 2 N–H and O–H groups in total. The zero-order valence-corrected chi connectivity index (χ0v) is 16.3.